The van der Waals surface area contributed by atoms with E-state index >= 15 is 0 Å². The number of aryl methyl sites for hydroxylation is 1. The van der Waals surface area contributed by atoms with Gasteiger partial charge in [-0.3, -0.25) is 0 Å². The number of nitrogens with zero attached hydrogens (tertiary/aromatic N) is 2. The Morgan fingerprint density at radius 2 is 2.00 bits per heavy atom. The zero-order valence-corrected chi connectivity index (χ0v) is 12.1. The summed E-state index contributed by atoms with van der Waals surface area (Å²) in [5.74, 6) is 1.47. The second-order valence-corrected chi connectivity index (χ2v) is 5.76. The van der Waals surface area contributed by atoms with E-state index in [9.17, 15) is 0 Å². The molecule has 0 radical (unpaired) electrons. The fourth-order valence-corrected chi connectivity index (χ4v) is 1.73. The molecule has 0 atom stereocenters. The minimum Gasteiger partial charge on any atom is -0.440 e. The van der Waals surface area contributed by atoms with Gasteiger partial charge in [-0.05, 0) is 57.5 Å². The molecule has 0 unspecified atom stereocenters. The van der Waals surface area contributed by atoms with Gasteiger partial charge < -0.3 is 14.2 Å². The minimum atomic E-state index is 0.130. The maximum Gasteiger partial charge on any atom is 0.283 e. The molecule has 2 rings (SSSR count). The molecule has 0 amide bonds. The number of furan rings is 1. The van der Waals surface area contributed by atoms with Gasteiger partial charge in [0.15, 0.2) is 11.0 Å². The average Bonchev–Trinajstić information content (AvgIpc) is 2.92. The zero-order chi connectivity index (χ0) is 13.9. The standard InChI is InChI=1S/C13H18ClN3O2/c1-13(2,3)15-8-4-5-11-16-17-12(19-11)9-6-7-10(14)18-9/h6-7,15H,4-5,8H2,1-3H3. The van der Waals surface area contributed by atoms with Crippen LogP contribution in [0, 0.1) is 0 Å². The average molecular weight is 284 g/mol. The Bertz CT molecular complexity index is 528. The van der Waals surface area contributed by atoms with Crippen LogP contribution in [0.1, 0.15) is 33.1 Å². The van der Waals surface area contributed by atoms with Crippen molar-refractivity contribution >= 4 is 11.6 Å². The van der Waals surface area contributed by atoms with Gasteiger partial charge in [-0.1, -0.05) is 0 Å². The van der Waals surface area contributed by atoms with Crippen LogP contribution in [-0.2, 0) is 6.42 Å². The first-order valence-corrected chi connectivity index (χ1v) is 6.65. The Morgan fingerprint density at radius 1 is 1.21 bits per heavy atom. The molecule has 0 spiro atoms. The lowest BCUT2D eigenvalue weighted by molar-refractivity contribution is 0.411. The summed E-state index contributed by atoms with van der Waals surface area (Å²) in [6.07, 6.45) is 1.68. The molecular formula is C13H18ClN3O2. The first-order chi connectivity index (χ1) is 8.94. The summed E-state index contributed by atoms with van der Waals surface area (Å²) in [7, 11) is 0. The molecule has 19 heavy (non-hydrogen) atoms. The third kappa shape index (κ3) is 4.36. The van der Waals surface area contributed by atoms with Crippen molar-refractivity contribution in [3.63, 3.8) is 0 Å². The zero-order valence-electron chi connectivity index (χ0n) is 11.4. The molecular weight excluding hydrogens is 266 g/mol. The Hall–Kier alpha value is -1.33. The van der Waals surface area contributed by atoms with Gasteiger partial charge >= 0.3 is 0 Å². The largest absolute Gasteiger partial charge is 0.440 e. The molecule has 0 aliphatic rings. The van der Waals surface area contributed by atoms with Crippen LogP contribution in [0.2, 0.25) is 5.22 Å². The fraction of sp³-hybridized carbons (Fsp3) is 0.538. The van der Waals surface area contributed by atoms with Gasteiger partial charge in [0.05, 0.1) is 0 Å². The van der Waals surface area contributed by atoms with E-state index in [1.807, 2.05) is 0 Å². The number of halogens is 1. The number of nitrogens with one attached hydrogen (secondary N) is 1. The first kappa shape index (κ1) is 14.1. The van der Waals surface area contributed by atoms with Gasteiger partial charge in [0.25, 0.3) is 5.89 Å². The van der Waals surface area contributed by atoms with E-state index in [4.69, 9.17) is 20.4 Å². The van der Waals surface area contributed by atoms with Crippen LogP contribution in [0.5, 0.6) is 0 Å². The molecule has 2 aromatic rings. The van der Waals surface area contributed by atoms with Crippen LogP contribution in [0.15, 0.2) is 21.0 Å². The Labute approximate surface area is 117 Å². The number of hydrogen-bond acceptors (Lipinski definition) is 5. The van der Waals surface area contributed by atoms with E-state index in [-0.39, 0.29) is 5.54 Å². The lowest BCUT2D eigenvalue weighted by atomic mass is 10.1. The van der Waals surface area contributed by atoms with Crippen molar-refractivity contribution in [1.82, 2.24) is 15.5 Å². The molecule has 0 bridgehead atoms. The fourth-order valence-electron chi connectivity index (χ4n) is 1.59. The molecule has 0 aromatic carbocycles. The van der Waals surface area contributed by atoms with E-state index in [0.717, 1.165) is 19.4 Å². The molecule has 0 saturated carbocycles. The summed E-state index contributed by atoms with van der Waals surface area (Å²) < 4.78 is 10.7. The number of hydrogen-bond donors (Lipinski definition) is 1. The molecule has 6 heteroatoms. The summed E-state index contributed by atoms with van der Waals surface area (Å²) in [6.45, 7) is 7.32. The summed E-state index contributed by atoms with van der Waals surface area (Å²) in [6, 6.07) is 3.36. The summed E-state index contributed by atoms with van der Waals surface area (Å²) in [4.78, 5) is 0. The van der Waals surface area contributed by atoms with Crippen LogP contribution in [0.4, 0.5) is 0 Å². The lowest BCUT2D eigenvalue weighted by Gasteiger charge is -2.19. The van der Waals surface area contributed by atoms with Crippen molar-refractivity contribution in [2.24, 2.45) is 0 Å². The van der Waals surface area contributed by atoms with Crippen molar-refractivity contribution in [2.75, 3.05) is 6.54 Å². The van der Waals surface area contributed by atoms with Crippen molar-refractivity contribution in [2.45, 2.75) is 39.2 Å². The molecule has 104 valence electrons. The third-order valence-corrected chi connectivity index (χ3v) is 2.68. The quantitative estimate of drug-likeness (QED) is 0.853. The van der Waals surface area contributed by atoms with E-state index in [1.165, 1.54) is 0 Å². The summed E-state index contributed by atoms with van der Waals surface area (Å²) in [5.41, 5.74) is 0.130. The van der Waals surface area contributed by atoms with E-state index < -0.39 is 0 Å². The second kappa shape index (κ2) is 5.75. The van der Waals surface area contributed by atoms with Crippen LogP contribution in [-0.4, -0.2) is 22.3 Å². The Morgan fingerprint density at radius 3 is 2.63 bits per heavy atom. The summed E-state index contributed by atoms with van der Waals surface area (Å²) in [5, 5.41) is 11.6. The topological polar surface area (TPSA) is 64.1 Å². The van der Waals surface area contributed by atoms with Crippen molar-refractivity contribution in [3.8, 4) is 11.7 Å². The number of rotatable bonds is 5. The Kier molecular flexibility index (Phi) is 4.27. The van der Waals surface area contributed by atoms with Crippen LogP contribution in [0.3, 0.4) is 0 Å². The SMILES string of the molecule is CC(C)(C)NCCCc1nnc(-c2ccc(Cl)o2)o1. The van der Waals surface area contributed by atoms with Crippen molar-refractivity contribution < 1.29 is 8.83 Å². The summed E-state index contributed by atoms with van der Waals surface area (Å²) >= 11 is 5.70. The van der Waals surface area contributed by atoms with Gasteiger partial charge in [0.1, 0.15) is 0 Å². The maximum atomic E-state index is 5.70. The molecule has 2 heterocycles. The first-order valence-electron chi connectivity index (χ1n) is 6.27. The van der Waals surface area contributed by atoms with Gasteiger partial charge in [-0.15, -0.1) is 10.2 Å². The molecule has 5 nitrogen and oxygen atoms in total. The highest BCUT2D eigenvalue weighted by Crippen LogP contribution is 2.23. The van der Waals surface area contributed by atoms with Crippen LogP contribution < -0.4 is 5.32 Å². The van der Waals surface area contributed by atoms with Gasteiger partial charge in [0, 0.05) is 12.0 Å². The highest BCUT2D eigenvalue weighted by atomic mass is 35.5. The number of aromatic nitrogens is 2. The predicted octanol–water partition coefficient (Wildman–Crippen LogP) is 3.30. The normalized spacial score (nSPS) is 12.0. The monoisotopic (exact) mass is 283 g/mol. The maximum absolute atomic E-state index is 5.70. The third-order valence-electron chi connectivity index (χ3n) is 2.47. The lowest BCUT2D eigenvalue weighted by Crippen LogP contribution is -2.36. The molecule has 0 fully saturated rings. The van der Waals surface area contributed by atoms with E-state index in [0.29, 0.717) is 22.8 Å². The molecule has 2 aromatic heterocycles. The smallest absolute Gasteiger partial charge is 0.283 e. The van der Waals surface area contributed by atoms with Crippen LogP contribution in [0.25, 0.3) is 11.7 Å². The van der Waals surface area contributed by atoms with Gasteiger partial charge in [-0.2, -0.15) is 0 Å². The predicted molar refractivity (Wildman–Crippen MR) is 73.1 cm³/mol. The van der Waals surface area contributed by atoms with E-state index in [1.54, 1.807) is 12.1 Å². The van der Waals surface area contributed by atoms with Gasteiger partial charge in [-0.25, -0.2) is 0 Å². The highest BCUT2D eigenvalue weighted by molar-refractivity contribution is 6.28. The van der Waals surface area contributed by atoms with Gasteiger partial charge in [0.2, 0.25) is 5.89 Å². The highest BCUT2D eigenvalue weighted by Gasteiger charge is 2.12. The van der Waals surface area contributed by atoms with Crippen LogP contribution >= 0.6 is 11.6 Å². The molecule has 1 N–H and O–H groups in total. The second-order valence-electron chi connectivity index (χ2n) is 5.39. The minimum absolute atomic E-state index is 0.130. The molecule has 0 aliphatic heterocycles. The molecule has 0 saturated heterocycles. The Balaban J connectivity index is 1.85. The van der Waals surface area contributed by atoms with Crippen molar-refractivity contribution in [3.05, 3.63) is 23.2 Å². The van der Waals surface area contributed by atoms with E-state index in [2.05, 4.69) is 36.3 Å². The van der Waals surface area contributed by atoms with Crippen molar-refractivity contribution in [1.29, 1.82) is 0 Å². The molecule has 0 aliphatic carbocycles.